The van der Waals surface area contributed by atoms with Crippen LogP contribution in [0.2, 0.25) is 0 Å². The number of nitrogen functional groups attached to an aromatic ring is 1. The number of para-hydroxylation sites is 1. The van der Waals surface area contributed by atoms with Crippen molar-refractivity contribution in [2.45, 2.75) is 6.42 Å². The minimum absolute atomic E-state index is 0.151. The molecule has 1 aromatic heterocycles. The van der Waals surface area contributed by atoms with E-state index in [2.05, 4.69) is 20.7 Å². The third-order valence-corrected chi connectivity index (χ3v) is 2.36. The van der Waals surface area contributed by atoms with Gasteiger partial charge < -0.3 is 10.4 Å². The summed E-state index contributed by atoms with van der Waals surface area (Å²) in [6, 6.07) is 7.68. The highest BCUT2D eigenvalue weighted by molar-refractivity contribution is 5.89. The summed E-state index contributed by atoms with van der Waals surface area (Å²) in [7, 11) is 0. The zero-order chi connectivity index (χ0) is 12.1. The molecule has 0 aliphatic rings. The largest absolute Gasteiger partial charge is 0.396 e. The van der Waals surface area contributed by atoms with Crippen LogP contribution in [0, 0.1) is 0 Å². The Morgan fingerprint density at radius 2 is 2.06 bits per heavy atom. The van der Waals surface area contributed by atoms with Gasteiger partial charge in [0.1, 0.15) is 5.82 Å². The summed E-state index contributed by atoms with van der Waals surface area (Å²) >= 11 is 0. The SMILES string of the molecule is NNc1nc(NCCCO)c2ccccc2n1. The molecule has 1 aromatic carbocycles. The van der Waals surface area contributed by atoms with Crippen LogP contribution in [0.3, 0.4) is 0 Å². The third-order valence-electron chi connectivity index (χ3n) is 2.36. The van der Waals surface area contributed by atoms with E-state index >= 15 is 0 Å². The molecule has 2 rings (SSSR count). The Hall–Kier alpha value is -1.92. The highest BCUT2D eigenvalue weighted by atomic mass is 16.3. The van der Waals surface area contributed by atoms with Crippen LogP contribution in [-0.4, -0.2) is 28.2 Å². The van der Waals surface area contributed by atoms with E-state index in [4.69, 9.17) is 10.9 Å². The number of fused-ring (bicyclic) bond motifs is 1. The molecule has 6 nitrogen and oxygen atoms in total. The normalized spacial score (nSPS) is 10.5. The average Bonchev–Trinajstić information content (AvgIpc) is 2.38. The maximum atomic E-state index is 8.75. The van der Waals surface area contributed by atoms with Crippen LogP contribution < -0.4 is 16.6 Å². The second kappa shape index (κ2) is 5.42. The van der Waals surface area contributed by atoms with Gasteiger partial charge in [-0.1, -0.05) is 12.1 Å². The van der Waals surface area contributed by atoms with Crippen molar-refractivity contribution in [3.05, 3.63) is 24.3 Å². The summed E-state index contributed by atoms with van der Waals surface area (Å²) in [5.41, 5.74) is 3.26. The molecule has 0 fully saturated rings. The predicted octanol–water partition coefficient (Wildman–Crippen LogP) is 0.710. The van der Waals surface area contributed by atoms with Gasteiger partial charge in [-0.05, 0) is 18.6 Å². The molecule has 6 heteroatoms. The molecule has 0 radical (unpaired) electrons. The van der Waals surface area contributed by atoms with Crippen molar-refractivity contribution in [2.24, 2.45) is 5.84 Å². The Bertz CT molecular complexity index is 502. The van der Waals surface area contributed by atoms with Crippen molar-refractivity contribution in [1.29, 1.82) is 0 Å². The first kappa shape index (κ1) is 11.6. The Balaban J connectivity index is 2.36. The third kappa shape index (κ3) is 2.61. The van der Waals surface area contributed by atoms with E-state index in [0.29, 0.717) is 18.9 Å². The molecular formula is C11H15N5O. The lowest BCUT2D eigenvalue weighted by atomic mass is 10.2. The van der Waals surface area contributed by atoms with Gasteiger partial charge in [0, 0.05) is 18.5 Å². The van der Waals surface area contributed by atoms with Gasteiger partial charge >= 0.3 is 0 Å². The Morgan fingerprint density at radius 1 is 1.24 bits per heavy atom. The number of benzene rings is 1. The van der Waals surface area contributed by atoms with Crippen molar-refractivity contribution in [3.63, 3.8) is 0 Å². The number of hydrogen-bond acceptors (Lipinski definition) is 6. The minimum atomic E-state index is 0.151. The summed E-state index contributed by atoms with van der Waals surface area (Å²) in [5.74, 6) is 6.41. The lowest BCUT2D eigenvalue weighted by Gasteiger charge is -2.09. The summed E-state index contributed by atoms with van der Waals surface area (Å²) in [4.78, 5) is 8.50. The number of nitrogens with zero attached hydrogens (tertiary/aromatic N) is 2. The highest BCUT2D eigenvalue weighted by Gasteiger charge is 2.05. The van der Waals surface area contributed by atoms with Gasteiger partial charge in [-0.15, -0.1) is 0 Å². The number of nitrogens with two attached hydrogens (primary N) is 1. The second-order valence-corrected chi connectivity index (χ2v) is 3.56. The van der Waals surface area contributed by atoms with Crippen molar-refractivity contribution in [2.75, 3.05) is 23.9 Å². The van der Waals surface area contributed by atoms with Gasteiger partial charge in [0.15, 0.2) is 0 Å². The van der Waals surface area contributed by atoms with Crippen LogP contribution in [0.5, 0.6) is 0 Å². The Labute approximate surface area is 98.9 Å². The first-order valence-electron chi connectivity index (χ1n) is 5.43. The fourth-order valence-corrected chi connectivity index (χ4v) is 1.56. The van der Waals surface area contributed by atoms with Crippen LogP contribution in [0.4, 0.5) is 11.8 Å². The molecule has 0 amide bonds. The first-order valence-corrected chi connectivity index (χ1v) is 5.43. The monoisotopic (exact) mass is 233 g/mol. The maximum absolute atomic E-state index is 8.75. The fraction of sp³-hybridized carbons (Fsp3) is 0.273. The molecule has 0 aliphatic heterocycles. The Kier molecular flexibility index (Phi) is 3.69. The van der Waals surface area contributed by atoms with Gasteiger partial charge in [0.25, 0.3) is 0 Å². The van der Waals surface area contributed by atoms with Crippen molar-refractivity contribution in [1.82, 2.24) is 9.97 Å². The molecule has 0 saturated heterocycles. The number of anilines is 2. The van der Waals surface area contributed by atoms with Crippen LogP contribution >= 0.6 is 0 Å². The highest BCUT2D eigenvalue weighted by Crippen LogP contribution is 2.21. The molecule has 0 saturated carbocycles. The van der Waals surface area contributed by atoms with E-state index in [1.165, 1.54) is 0 Å². The summed E-state index contributed by atoms with van der Waals surface area (Å²) in [6.07, 6.45) is 0.670. The molecule has 1 heterocycles. The van der Waals surface area contributed by atoms with Crippen LogP contribution in [-0.2, 0) is 0 Å². The van der Waals surface area contributed by atoms with E-state index in [9.17, 15) is 0 Å². The van der Waals surface area contributed by atoms with Crippen LogP contribution in [0.15, 0.2) is 24.3 Å². The number of aliphatic hydroxyl groups is 1. The summed E-state index contributed by atoms with van der Waals surface area (Å²) in [5, 5.41) is 12.8. The number of nitrogens with one attached hydrogen (secondary N) is 2. The van der Waals surface area contributed by atoms with Crippen LogP contribution in [0.25, 0.3) is 10.9 Å². The van der Waals surface area contributed by atoms with Gasteiger partial charge in [0.2, 0.25) is 5.95 Å². The van der Waals surface area contributed by atoms with E-state index < -0.39 is 0 Å². The van der Waals surface area contributed by atoms with Gasteiger partial charge in [-0.25, -0.2) is 10.8 Å². The topological polar surface area (TPSA) is 96.1 Å². The molecule has 2 aromatic rings. The summed E-state index contributed by atoms with van der Waals surface area (Å²) in [6.45, 7) is 0.805. The Morgan fingerprint density at radius 3 is 2.82 bits per heavy atom. The molecule has 0 aliphatic carbocycles. The molecule has 17 heavy (non-hydrogen) atoms. The summed E-state index contributed by atoms with van der Waals surface area (Å²) < 4.78 is 0. The number of hydrogen-bond donors (Lipinski definition) is 4. The number of hydrazine groups is 1. The zero-order valence-electron chi connectivity index (χ0n) is 9.35. The quantitative estimate of drug-likeness (QED) is 0.345. The predicted molar refractivity (Wildman–Crippen MR) is 67.5 cm³/mol. The van der Waals surface area contributed by atoms with Crippen molar-refractivity contribution < 1.29 is 5.11 Å². The number of rotatable bonds is 5. The molecular weight excluding hydrogens is 218 g/mol. The molecule has 0 atom stereocenters. The smallest absolute Gasteiger partial charge is 0.239 e. The van der Waals surface area contributed by atoms with Crippen molar-refractivity contribution in [3.8, 4) is 0 Å². The average molecular weight is 233 g/mol. The van der Waals surface area contributed by atoms with Crippen LogP contribution in [0.1, 0.15) is 6.42 Å². The standard InChI is InChI=1S/C11H15N5O/c12-16-11-14-9-5-2-1-4-8(9)10(15-11)13-6-3-7-17/h1-2,4-5,17H,3,6-7,12H2,(H2,13,14,15,16). The molecule has 5 N–H and O–H groups in total. The molecule has 90 valence electrons. The lowest BCUT2D eigenvalue weighted by molar-refractivity contribution is 0.292. The minimum Gasteiger partial charge on any atom is -0.396 e. The van der Waals surface area contributed by atoms with Gasteiger partial charge in [-0.3, -0.25) is 5.43 Å². The van der Waals surface area contributed by atoms with Crippen molar-refractivity contribution >= 4 is 22.7 Å². The maximum Gasteiger partial charge on any atom is 0.239 e. The zero-order valence-corrected chi connectivity index (χ0v) is 9.35. The van der Waals surface area contributed by atoms with E-state index in [-0.39, 0.29) is 6.61 Å². The molecule has 0 spiro atoms. The molecule has 0 bridgehead atoms. The fourth-order valence-electron chi connectivity index (χ4n) is 1.56. The first-order chi connectivity index (χ1) is 8.35. The number of aliphatic hydroxyl groups excluding tert-OH is 1. The van der Waals surface area contributed by atoms with E-state index in [1.54, 1.807) is 0 Å². The van der Waals surface area contributed by atoms with Gasteiger partial charge in [0.05, 0.1) is 5.52 Å². The van der Waals surface area contributed by atoms with E-state index in [1.807, 2.05) is 24.3 Å². The lowest BCUT2D eigenvalue weighted by Crippen LogP contribution is -2.13. The number of aromatic nitrogens is 2. The molecule has 0 unspecified atom stereocenters. The van der Waals surface area contributed by atoms with Gasteiger partial charge in [-0.2, -0.15) is 4.98 Å². The van der Waals surface area contributed by atoms with E-state index in [0.717, 1.165) is 16.7 Å². The second-order valence-electron chi connectivity index (χ2n) is 3.56.